The fourth-order valence-electron chi connectivity index (χ4n) is 3.40. The molecule has 3 rings (SSSR count). The summed E-state index contributed by atoms with van der Waals surface area (Å²) in [6.45, 7) is 0.240. The molecule has 2 aromatic rings. The summed E-state index contributed by atoms with van der Waals surface area (Å²) in [5.41, 5.74) is 2.24. The average Bonchev–Trinajstić information content (AvgIpc) is 3.11. The normalized spacial score (nSPS) is 14.1. The van der Waals surface area contributed by atoms with Gasteiger partial charge in [-0.3, -0.25) is 9.59 Å². The number of nitrogens with one attached hydrogen (secondary N) is 2. The summed E-state index contributed by atoms with van der Waals surface area (Å²) in [6, 6.07) is 13.0. The quantitative estimate of drug-likeness (QED) is 0.744. The Morgan fingerprint density at radius 1 is 0.964 bits per heavy atom. The third-order valence-corrected chi connectivity index (χ3v) is 5.01. The summed E-state index contributed by atoms with van der Waals surface area (Å²) < 4.78 is 16.1. The first-order valence-corrected chi connectivity index (χ1v) is 8.93. The Morgan fingerprint density at radius 2 is 1.64 bits per heavy atom. The molecule has 2 aromatic carbocycles. The second-order valence-corrected chi connectivity index (χ2v) is 6.71. The van der Waals surface area contributed by atoms with E-state index < -0.39 is 17.4 Å². The standard InChI is InChI=1S/C21H24N2O5/c1-26-16-8-9-17(18(10-16)27-2)23-20(25)19(24)22-13-21(28-3)11-14-6-4-5-7-15(14)12-21/h4-10H,11-13H2,1-3H3,(H,22,24)(H,23,25). The molecule has 2 amide bonds. The summed E-state index contributed by atoms with van der Waals surface area (Å²) in [7, 11) is 4.64. The monoisotopic (exact) mass is 384 g/mol. The molecule has 0 aliphatic heterocycles. The Labute approximate surface area is 164 Å². The lowest BCUT2D eigenvalue weighted by Crippen LogP contribution is -2.48. The van der Waals surface area contributed by atoms with Gasteiger partial charge in [-0.15, -0.1) is 0 Å². The second kappa shape index (κ2) is 8.31. The van der Waals surface area contributed by atoms with Gasteiger partial charge in [0.15, 0.2) is 0 Å². The second-order valence-electron chi connectivity index (χ2n) is 6.71. The number of hydrogen-bond acceptors (Lipinski definition) is 5. The summed E-state index contributed by atoms with van der Waals surface area (Å²) in [5, 5.41) is 5.25. The number of hydrogen-bond donors (Lipinski definition) is 2. The molecule has 0 fully saturated rings. The van der Waals surface area contributed by atoms with Crippen molar-refractivity contribution in [2.24, 2.45) is 0 Å². The third-order valence-electron chi connectivity index (χ3n) is 5.01. The van der Waals surface area contributed by atoms with Crippen LogP contribution >= 0.6 is 0 Å². The smallest absolute Gasteiger partial charge is 0.313 e. The van der Waals surface area contributed by atoms with Gasteiger partial charge < -0.3 is 24.8 Å². The van der Waals surface area contributed by atoms with E-state index in [0.29, 0.717) is 30.0 Å². The van der Waals surface area contributed by atoms with Crippen LogP contribution in [0, 0.1) is 0 Å². The minimum Gasteiger partial charge on any atom is -0.497 e. The predicted octanol–water partition coefficient (Wildman–Crippen LogP) is 1.94. The highest BCUT2D eigenvalue weighted by atomic mass is 16.5. The lowest BCUT2D eigenvalue weighted by atomic mass is 10.00. The molecule has 28 heavy (non-hydrogen) atoms. The molecule has 1 aliphatic rings. The molecule has 0 spiro atoms. The first-order valence-electron chi connectivity index (χ1n) is 8.93. The number of amides is 2. The maximum Gasteiger partial charge on any atom is 0.313 e. The van der Waals surface area contributed by atoms with Crippen LogP contribution in [0.1, 0.15) is 11.1 Å². The maximum absolute atomic E-state index is 12.3. The van der Waals surface area contributed by atoms with Crippen molar-refractivity contribution >= 4 is 17.5 Å². The zero-order chi connectivity index (χ0) is 20.1. The molecule has 0 radical (unpaired) electrons. The molecule has 0 bridgehead atoms. The van der Waals surface area contributed by atoms with Gasteiger partial charge in [0.05, 0.1) is 25.5 Å². The van der Waals surface area contributed by atoms with Gasteiger partial charge in [0.1, 0.15) is 11.5 Å². The van der Waals surface area contributed by atoms with E-state index in [0.717, 1.165) is 0 Å². The Kier molecular flexibility index (Phi) is 5.84. The zero-order valence-corrected chi connectivity index (χ0v) is 16.2. The van der Waals surface area contributed by atoms with E-state index >= 15 is 0 Å². The van der Waals surface area contributed by atoms with Gasteiger partial charge in [-0.1, -0.05) is 24.3 Å². The van der Waals surface area contributed by atoms with Crippen LogP contribution in [0.15, 0.2) is 42.5 Å². The largest absolute Gasteiger partial charge is 0.497 e. The number of ether oxygens (including phenoxy) is 3. The molecule has 0 heterocycles. The first-order chi connectivity index (χ1) is 13.5. The lowest BCUT2D eigenvalue weighted by Gasteiger charge is -2.27. The molecular formula is C21H24N2O5. The number of carbonyl (C=O) groups is 2. The summed E-state index contributed by atoms with van der Waals surface area (Å²) in [6.07, 6.45) is 1.38. The van der Waals surface area contributed by atoms with Crippen LogP contribution in [-0.4, -0.2) is 45.3 Å². The Bertz CT molecular complexity index is 856. The molecule has 0 aromatic heterocycles. The van der Waals surface area contributed by atoms with Crippen molar-refractivity contribution in [3.8, 4) is 11.5 Å². The van der Waals surface area contributed by atoms with E-state index in [1.807, 2.05) is 12.1 Å². The first kappa shape index (κ1) is 19.7. The van der Waals surface area contributed by atoms with Crippen molar-refractivity contribution in [3.05, 3.63) is 53.6 Å². The molecule has 7 heteroatoms. The van der Waals surface area contributed by atoms with E-state index in [-0.39, 0.29) is 6.54 Å². The molecule has 0 unspecified atom stereocenters. The van der Waals surface area contributed by atoms with Crippen molar-refractivity contribution < 1.29 is 23.8 Å². The van der Waals surface area contributed by atoms with E-state index in [4.69, 9.17) is 14.2 Å². The number of fused-ring (bicyclic) bond motifs is 1. The molecule has 7 nitrogen and oxygen atoms in total. The van der Waals surface area contributed by atoms with Crippen molar-refractivity contribution in [2.45, 2.75) is 18.4 Å². The van der Waals surface area contributed by atoms with Gasteiger partial charge in [0.25, 0.3) is 0 Å². The Morgan fingerprint density at radius 3 is 2.21 bits per heavy atom. The Balaban J connectivity index is 1.61. The maximum atomic E-state index is 12.3. The lowest BCUT2D eigenvalue weighted by molar-refractivity contribution is -0.137. The van der Waals surface area contributed by atoms with Crippen LogP contribution in [0.5, 0.6) is 11.5 Å². The van der Waals surface area contributed by atoms with Crippen molar-refractivity contribution in [2.75, 3.05) is 33.2 Å². The minimum atomic E-state index is -0.773. The van der Waals surface area contributed by atoms with Gasteiger partial charge in [0, 0.05) is 32.6 Å². The van der Waals surface area contributed by atoms with Crippen LogP contribution in [0.2, 0.25) is 0 Å². The topological polar surface area (TPSA) is 85.9 Å². The highest BCUT2D eigenvalue weighted by Crippen LogP contribution is 2.32. The Hall–Kier alpha value is -3.06. The molecule has 0 atom stereocenters. The molecule has 2 N–H and O–H groups in total. The van der Waals surface area contributed by atoms with E-state index in [1.54, 1.807) is 25.3 Å². The zero-order valence-electron chi connectivity index (χ0n) is 16.2. The fourth-order valence-corrected chi connectivity index (χ4v) is 3.40. The number of benzene rings is 2. The van der Waals surface area contributed by atoms with E-state index in [1.165, 1.54) is 25.3 Å². The van der Waals surface area contributed by atoms with Crippen LogP contribution < -0.4 is 20.1 Å². The van der Waals surface area contributed by atoms with E-state index in [9.17, 15) is 9.59 Å². The molecular weight excluding hydrogens is 360 g/mol. The van der Waals surface area contributed by atoms with Gasteiger partial charge in [-0.05, 0) is 23.3 Å². The number of carbonyl (C=O) groups excluding carboxylic acids is 2. The van der Waals surface area contributed by atoms with Gasteiger partial charge in [-0.2, -0.15) is 0 Å². The van der Waals surface area contributed by atoms with Gasteiger partial charge in [-0.25, -0.2) is 0 Å². The van der Waals surface area contributed by atoms with Crippen LogP contribution in [0.4, 0.5) is 5.69 Å². The minimum absolute atomic E-state index is 0.240. The SMILES string of the molecule is COc1ccc(NC(=O)C(=O)NCC2(OC)Cc3ccccc3C2)c(OC)c1. The molecule has 0 saturated heterocycles. The van der Waals surface area contributed by atoms with Gasteiger partial charge >= 0.3 is 11.8 Å². The fraction of sp³-hybridized carbons (Fsp3) is 0.333. The van der Waals surface area contributed by atoms with Crippen LogP contribution in [0.25, 0.3) is 0 Å². The average molecular weight is 384 g/mol. The summed E-state index contributed by atoms with van der Waals surface area (Å²) >= 11 is 0. The van der Waals surface area contributed by atoms with Crippen LogP contribution in [-0.2, 0) is 27.2 Å². The number of methoxy groups -OCH3 is 3. The van der Waals surface area contributed by atoms with E-state index in [2.05, 4.69) is 22.8 Å². The summed E-state index contributed by atoms with van der Waals surface area (Å²) in [5.74, 6) is -0.516. The van der Waals surface area contributed by atoms with Crippen molar-refractivity contribution in [3.63, 3.8) is 0 Å². The third kappa shape index (κ3) is 4.09. The highest BCUT2D eigenvalue weighted by Gasteiger charge is 2.38. The molecule has 1 aliphatic carbocycles. The van der Waals surface area contributed by atoms with Gasteiger partial charge in [0.2, 0.25) is 0 Å². The predicted molar refractivity (Wildman–Crippen MR) is 105 cm³/mol. The van der Waals surface area contributed by atoms with Crippen LogP contribution in [0.3, 0.4) is 0 Å². The number of anilines is 1. The summed E-state index contributed by atoms with van der Waals surface area (Å²) in [4.78, 5) is 24.6. The number of rotatable bonds is 6. The van der Waals surface area contributed by atoms with Crippen molar-refractivity contribution in [1.82, 2.24) is 5.32 Å². The van der Waals surface area contributed by atoms with Crippen molar-refractivity contribution in [1.29, 1.82) is 0 Å². The highest BCUT2D eigenvalue weighted by molar-refractivity contribution is 6.39. The molecule has 148 valence electrons. The molecule has 0 saturated carbocycles.